The van der Waals surface area contributed by atoms with Crippen molar-refractivity contribution < 1.29 is 0 Å². The zero-order valence-electron chi connectivity index (χ0n) is 44.9. The molecule has 9 nitrogen and oxygen atoms in total. The highest BCUT2D eigenvalue weighted by molar-refractivity contribution is 5.88. The molecular formula is C71H63N9. The molecule has 2 fully saturated rings. The smallest absolute Gasteiger partial charge is 0.0841 e. The largest absolute Gasteiger partial charge is 0.337 e. The molecule has 10 aromatic carbocycles. The molecule has 9 heteroatoms. The quantitative estimate of drug-likeness (QED) is 0.118. The Labute approximate surface area is 469 Å². The van der Waals surface area contributed by atoms with Gasteiger partial charge in [0, 0.05) is 93.9 Å². The summed E-state index contributed by atoms with van der Waals surface area (Å²) in [5, 5.41) is 5.92. The van der Waals surface area contributed by atoms with Crippen LogP contribution in [0.1, 0.15) is 35.8 Å². The number of likely N-dealkylation sites (tertiary alicyclic amines) is 1. The van der Waals surface area contributed by atoms with Crippen molar-refractivity contribution in [3.63, 3.8) is 0 Å². The molecule has 0 aromatic heterocycles. The maximum atomic E-state index is 3.75. The number of nitrogens with one attached hydrogen (secondary N) is 3. The Morgan fingerprint density at radius 2 is 0.875 bits per heavy atom. The first kappa shape index (κ1) is 48.0. The van der Waals surface area contributed by atoms with Crippen LogP contribution in [0.4, 0.5) is 73.9 Å². The number of nitrogens with zero attached hydrogens (tertiary/aromatic N) is 6. The van der Waals surface area contributed by atoms with Gasteiger partial charge in [-0.25, -0.2) is 0 Å². The molecule has 0 radical (unpaired) electrons. The molecule has 0 saturated carbocycles. The Kier molecular flexibility index (Phi) is 12.2. The van der Waals surface area contributed by atoms with E-state index in [1.165, 1.54) is 56.4 Å². The standard InChI is InChI=1S/C71H63N9/c1-75-41-39-70-65(48-75)63-46-60(77(55-20-10-4-11-21-55)56-22-12-5-13-23-56)35-37-68(63)79(70)58-32-28-50(29-33-58)52-42-51(43-61(44-52)80-71-25-15-14-24-66(71)73-74-80)49-26-30-57(31-27-49)78-67-36-34-59(45-62(67)64-47-72-40-38-69(64)78)76(53-16-6-2-7-17-53)54-18-8-3-9-19-54/h2-37,42-46,64-65,69-70,72-74H,38-41,47-48H2,1H3. The molecule has 5 aliphatic rings. The number of hydrogen-bond donors (Lipinski definition) is 3. The van der Waals surface area contributed by atoms with Gasteiger partial charge in [0.1, 0.15) is 0 Å². The number of anilines is 13. The van der Waals surface area contributed by atoms with Gasteiger partial charge in [0.05, 0.1) is 17.1 Å². The zero-order chi connectivity index (χ0) is 53.1. The number of piperidine rings is 2. The van der Waals surface area contributed by atoms with Crippen LogP contribution < -0.4 is 40.9 Å². The van der Waals surface area contributed by atoms with Crippen molar-refractivity contribution in [1.82, 2.24) is 15.8 Å². The molecule has 392 valence electrons. The Bertz CT molecular complexity index is 3760. The number of likely N-dealkylation sites (N-methyl/N-ethyl adjacent to an activating group) is 1. The molecule has 0 amide bonds. The lowest BCUT2D eigenvalue weighted by Crippen LogP contribution is -2.43. The van der Waals surface area contributed by atoms with Crippen LogP contribution in [-0.2, 0) is 0 Å². The third kappa shape index (κ3) is 8.53. The van der Waals surface area contributed by atoms with E-state index in [0.717, 1.165) is 90.0 Å². The van der Waals surface area contributed by atoms with Crippen molar-refractivity contribution in [1.29, 1.82) is 0 Å². The minimum Gasteiger partial charge on any atom is -0.337 e. The van der Waals surface area contributed by atoms with Gasteiger partial charge in [-0.1, -0.05) is 109 Å². The summed E-state index contributed by atoms with van der Waals surface area (Å²) >= 11 is 0. The molecule has 80 heavy (non-hydrogen) atoms. The van der Waals surface area contributed by atoms with E-state index >= 15 is 0 Å². The molecule has 0 spiro atoms. The van der Waals surface area contributed by atoms with E-state index < -0.39 is 0 Å². The minimum atomic E-state index is 0.363. The average Bonchev–Trinajstić information content (AvgIpc) is 4.40. The molecule has 3 N–H and O–H groups in total. The van der Waals surface area contributed by atoms with Crippen molar-refractivity contribution >= 4 is 73.9 Å². The normalized spacial score (nSPS) is 18.9. The summed E-state index contributed by atoms with van der Waals surface area (Å²) in [6.45, 7) is 4.06. The van der Waals surface area contributed by atoms with Gasteiger partial charge in [-0.05, 0) is 206 Å². The minimum absolute atomic E-state index is 0.363. The molecule has 15 rings (SSSR count). The lowest BCUT2D eigenvalue weighted by atomic mass is 9.89. The second-order valence-corrected chi connectivity index (χ2v) is 22.1. The Hall–Kier alpha value is -9.12. The van der Waals surface area contributed by atoms with E-state index in [1.807, 2.05) is 0 Å². The summed E-state index contributed by atoms with van der Waals surface area (Å²) < 4.78 is 0. The summed E-state index contributed by atoms with van der Waals surface area (Å²) in [6.07, 6.45) is 2.18. The van der Waals surface area contributed by atoms with Crippen LogP contribution in [0.25, 0.3) is 22.3 Å². The third-order valence-electron chi connectivity index (χ3n) is 17.4. The number of hydrogen-bond acceptors (Lipinski definition) is 9. The molecular weight excluding hydrogens is 979 g/mol. The van der Waals surface area contributed by atoms with Gasteiger partial charge in [-0.2, -0.15) is 0 Å². The fourth-order valence-corrected chi connectivity index (χ4v) is 13.7. The highest BCUT2D eigenvalue weighted by Gasteiger charge is 2.43. The molecule has 2 saturated heterocycles. The number of benzene rings is 10. The highest BCUT2D eigenvalue weighted by Crippen LogP contribution is 2.53. The SMILES string of the molecule is CN1CCC2C(C1)c1cc(N(c3ccccc3)c3ccccc3)ccc1N2c1ccc(-c2cc(-c3ccc(N4c5ccc(N(c6ccccc6)c6ccccc6)cc5C5CNCCC54)cc3)cc(N3NNc4ccccc43)c2)cc1. The zero-order valence-corrected chi connectivity index (χ0v) is 44.9. The summed E-state index contributed by atoms with van der Waals surface area (Å²) in [6, 6.07) is 92.2. The van der Waals surface area contributed by atoms with E-state index in [0.29, 0.717) is 23.9 Å². The van der Waals surface area contributed by atoms with Gasteiger partial charge in [0.25, 0.3) is 0 Å². The second kappa shape index (κ2) is 20.3. The monoisotopic (exact) mass is 1040 g/mol. The molecule has 0 aliphatic carbocycles. The van der Waals surface area contributed by atoms with E-state index in [4.69, 9.17) is 0 Å². The van der Waals surface area contributed by atoms with Crippen LogP contribution in [0, 0.1) is 0 Å². The van der Waals surface area contributed by atoms with Gasteiger partial charge in [0.15, 0.2) is 0 Å². The predicted molar refractivity (Wildman–Crippen MR) is 332 cm³/mol. The van der Waals surface area contributed by atoms with Crippen LogP contribution >= 0.6 is 0 Å². The van der Waals surface area contributed by atoms with Crippen molar-refractivity contribution in [2.75, 3.05) is 63.3 Å². The van der Waals surface area contributed by atoms with Crippen LogP contribution in [0.15, 0.2) is 249 Å². The second-order valence-electron chi connectivity index (χ2n) is 22.1. The van der Waals surface area contributed by atoms with Crippen molar-refractivity contribution in [2.45, 2.75) is 36.8 Å². The Morgan fingerprint density at radius 3 is 1.40 bits per heavy atom. The summed E-state index contributed by atoms with van der Waals surface area (Å²) in [5.41, 5.74) is 29.6. The Balaban J connectivity index is 0.767. The fraction of sp³-hybridized carbons (Fsp3) is 0.155. The number of rotatable bonds is 11. The van der Waals surface area contributed by atoms with E-state index in [1.54, 1.807) is 0 Å². The van der Waals surface area contributed by atoms with Gasteiger partial charge in [-0.15, -0.1) is 5.53 Å². The lowest BCUT2D eigenvalue weighted by Gasteiger charge is -2.37. The summed E-state index contributed by atoms with van der Waals surface area (Å²) in [5.74, 6) is 0.758. The molecule has 5 heterocycles. The van der Waals surface area contributed by atoms with Crippen LogP contribution in [0.2, 0.25) is 0 Å². The van der Waals surface area contributed by atoms with Crippen molar-refractivity contribution in [3.05, 3.63) is 260 Å². The van der Waals surface area contributed by atoms with E-state index in [-0.39, 0.29) is 0 Å². The van der Waals surface area contributed by atoms with Crippen LogP contribution in [0.5, 0.6) is 0 Å². The molecule has 0 bridgehead atoms. The van der Waals surface area contributed by atoms with Crippen LogP contribution in [0.3, 0.4) is 0 Å². The summed E-state index contributed by atoms with van der Waals surface area (Å²) in [4.78, 5) is 12.5. The molecule has 4 unspecified atom stereocenters. The lowest BCUT2D eigenvalue weighted by molar-refractivity contribution is 0.236. The molecule has 10 aromatic rings. The number of para-hydroxylation sites is 6. The number of hydrazine groups is 2. The van der Waals surface area contributed by atoms with Gasteiger partial charge in [0.2, 0.25) is 0 Å². The third-order valence-corrected chi connectivity index (χ3v) is 17.4. The predicted octanol–water partition coefficient (Wildman–Crippen LogP) is 16.5. The van der Waals surface area contributed by atoms with Gasteiger partial charge < -0.3 is 35.2 Å². The van der Waals surface area contributed by atoms with Crippen LogP contribution in [-0.4, -0.2) is 50.2 Å². The maximum Gasteiger partial charge on any atom is 0.0841 e. The van der Waals surface area contributed by atoms with Gasteiger partial charge >= 0.3 is 0 Å². The topological polar surface area (TPSA) is 55.5 Å². The average molecular weight is 1040 g/mol. The van der Waals surface area contributed by atoms with Gasteiger partial charge in [-0.3, -0.25) is 5.01 Å². The number of fused-ring (bicyclic) bond motifs is 7. The Morgan fingerprint density at radius 1 is 0.400 bits per heavy atom. The first-order valence-electron chi connectivity index (χ1n) is 28.4. The van der Waals surface area contributed by atoms with Crippen molar-refractivity contribution in [3.8, 4) is 22.3 Å². The molecule has 5 aliphatic heterocycles. The van der Waals surface area contributed by atoms with E-state index in [9.17, 15) is 0 Å². The summed E-state index contributed by atoms with van der Waals surface area (Å²) in [7, 11) is 2.28. The molecule has 4 atom stereocenters. The first-order valence-corrected chi connectivity index (χ1v) is 28.4. The fourth-order valence-electron chi connectivity index (χ4n) is 13.7. The van der Waals surface area contributed by atoms with Crippen molar-refractivity contribution in [2.24, 2.45) is 0 Å². The highest BCUT2D eigenvalue weighted by atomic mass is 15.7. The first-order chi connectivity index (χ1) is 39.6. The maximum absolute atomic E-state index is 3.75. The van der Waals surface area contributed by atoms with E-state index in [2.05, 4.69) is 302 Å².